The molecule has 0 unspecified atom stereocenters. The predicted molar refractivity (Wildman–Crippen MR) is 58.4 cm³/mol. The number of benzene rings is 1. The average Bonchev–Trinajstić information content (AvgIpc) is 2.61. The monoisotopic (exact) mass is 198 g/mol. The van der Waals surface area contributed by atoms with Crippen molar-refractivity contribution < 1.29 is 0 Å². The van der Waals surface area contributed by atoms with Crippen molar-refractivity contribution in [2.24, 2.45) is 11.8 Å². The van der Waals surface area contributed by atoms with Crippen molar-refractivity contribution in [3.05, 3.63) is 35.4 Å². The van der Waals surface area contributed by atoms with E-state index < -0.39 is 0 Å². The lowest BCUT2D eigenvalue weighted by atomic mass is 9.64. The van der Waals surface area contributed by atoms with Gasteiger partial charge in [0.05, 0.1) is 11.6 Å². The van der Waals surface area contributed by atoms with E-state index in [0.29, 0.717) is 0 Å². The Balaban J connectivity index is 1.80. The molecule has 1 aromatic rings. The number of nitrogens with one attached hydrogen (secondary N) is 1. The van der Waals surface area contributed by atoms with Crippen LogP contribution in [0.15, 0.2) is 24.3 Å². The lowest BCUT2D eigenvalue weighted by Crippen LogP contribution is -2.33. The van der Waals surface area contributed by atoms with E-state index in [1.807, 2.05) is 12.1 Å². The molecule has 3 atom stereocenters. The first kappa shape index (κ1) is 8.94. The summed E-state index contributed by atoms with van der Waals surface area (Å²) < 4.78 is 0. The van der Waals surface area contributed by atoms with Gasteiger partial charge in [0.2, 0.25) is 0 Å². The van der Waals surface area contributed by atoms with Gasteiger partial charge in [-0.05, 0) is 55.0 Å². The molecule has 1 aliphatic carbocycles. The molecular weight excluding hydrogens is 184 g/mol. The van der Waals surface area contributed by atoms with Crippen LogP contribution >= 0.6 is 0 Å². The third kappa shape index (κ3) is 1.35. The van der Waals surface area contributed by atoms with Gasteiger partial charge in [0, 0.05) is 0 Å². The van der Waals surface area contributed by atoms with Gasteiger partial charge in [-0.15, -0.1) is 0 Å². The van der Waals surface area contributed by atoms with Crippen molar-refractivity contribution >= 4 is 0 Å². The second-order valence-electron chi connectivity index (χ2n) is 4.66. The second-order valence-corrected chi connectivity index (χ2v) is 4.66. The van der Waals surface area contributed by atoms with E-state index >= 15 is 0 Å². The summed E-state index contributed by atoms with van der Waals surface area (Å²) in [5.74, 6) is 2.49. The van der Waals surface area contributed by atoms with Gasteiger partial charge in [0.25, 0.3) is 0 Å². The van der Waals surface area contributed by atoms with Crippen LogP contribution in [0.1, 0.15) is 23.5 Å². The van der Waals surface area contributed by atoms with Crippen LogP contribution in [-0.4, -0.2) is 13.1 Å². The van der Waals surface area contributed by atoms with E-state index in [0.717, 1.165) is 23.3 Å². The summed E-state index contributed by atoms with van der Waals surface area (Å²) in [6, 6.07) is 10.3. The molecule has 0 spiro atoms. The van der Waals surface area contributed by atoms with Crippen LogP contribution in [0, 0.1) is 23.2 Å². The summed E-state index contributed by atoms with van der Waals surface area (Å²) in [5, 5.41) is 12.2. The summed E-state index contributed by atoms with van der Waals surface area (Å²) in [6.07, 6.45) is 1.32. The molecule has 15 heavy (non-hydrogen) atoms. The van der Waals surface area contributed by atoms with Gasteiger partial charge in [-0.1, -0.05) is 12.1 Å². The number of fused-ring (bicyclic) bond motifs is 1. The maximum Gasteiger partial charge on any atom is 0.0991 e. The van der Waals surface area contributed by atoms with Crippen molar-refractivity contribution in [1.82, 2.24) is 5.32 Å². The van der Waals surface area contributed by atoms with Crippen LogP contribution < -0.4 is 5.32 Å². The first-order chi connectivity index (χ1) is 7.38. The van der Waals surface area contributed by atoms with Crippen LogP contribution in [0.2, 0.25) is 0 Å². The lowest BCUT2D eigenvalue weighted by molar-refractivity contribution is 0.191. The van der Waals surface area contributed by atoms with Crippen molar-refractivity contribution in [2.45, 2.75) is 12.3 Å². The molecule has 1 saturated carbocycles. The minimum Gasteiger partial charge on any atom is -0.316 e. The van der Waals surface area contributed by atoms with E-state index in [4.69, 9.17) is 5.26 Å². The van der Waals surface area contributed by atoms with Gasteiger partial charge in [-0.3, -0.25) is 0 Å². The zero-order valence-corrected chi connectivity index (χ0v) is 8.61. The third-order valence-electron chi connectivity index (χ3n) is 3.93. The first-order valence-electron chi connectivity index (χ1n) is 5.59. The highest BCUT2D eigenvalue weighted by Crippen LogP contribution is 2.48. The summed E-state index contributed by atoms with van der Waals surface area (Å²) >= 11 is 0. The quantitative estimate of drug-likeness (QED) is 0.748. The average molecular weight is 198 g/mol. The zero-order valence-electron chi connectivity index (χ0n) is 8.61. The molecule has 0 radical (unpaired) electrons. The lowest BCUT2D eigenvalue weighted by Gasteiger charge is -2.40. The van der Waals surface area contributed by atoms with Crippen LogP contribution in [-0.2, 0) is 0 Å². The summed E-state index contributed by atoms with van der Waals surface area (Å²) in [6.45, 7) is 2.38. The maximum absolute atomic E-state index is 8.73. The highest BCUT2D eigenvalue weighted by molar-refractivity contribution is 5.34. The molecule has 1 aliphatic heterocycles. The van der Waals surface area contributed by atoms with E-state index in [1.165, 1.54) is 25.1 Å². The molecule has 2 heteroatoms. The SMILES string of the molecule is N#Cc1ccc([C@@H]2C[C@H]3CNC[C@H]32)cc1. The van der Waals surface area contributed by atoms with Gasteiger partial charge in [0.15, 0.2) is 0 Å². The van der Waals surface area contributed by atoms with Crippen molar-refractivity contribution in [1.29, 1.82) is 5.26 Å². The molecule has 2 nitrogen and oxygen atoms in total. The normalized spacial score (nSPS) is 32.9. The number of nitriles is 1. The van der Waals surface area contributed by atoms with Crippen molar-refractivity contribution in [3.8, 4) is 6.07 Å². The van der Waals surface area contributed by atoms with Crippen molar-refractivity contribution in [2.75, 3.05) is 13.1 Å². The molecule has 3 rings (SSSR count). The van der Waals surface area contributed by atoms with E-state index in [-0.39, 0.29) is 0 Å². The Morgan fingerprint density at radius 3 is 2.67 bits per heavy atom. The largest absolute Gasteiger partial charge is 0.316 e. The number of hydrogen-bond donors (Lipinski definition) is 1. The molecule has 1 heterocycles. The molecule has 76 valence electrons. The Bertz CT molecular complexity index is 402. The highest BCUT2D eigenvalue weighted by atomic mass is 14.9. The van der Waals surface area contributed by atoms with E-state index in [2.05, 4.69) is 23.5 Å². The van der Waals surface area contributed by atoms with Gasteiger partial charge < -0.3 is 5.32 Å². The Labute approximate surface area is 89.9 Å². The second kappa shape index (κ2) is 3.36. The molecule has 1 N–H and O–H groups in total. The van der Waals surface area contributed by atoms with Gasteiger partial charge >= 0.3 is 0 Å². The Kier molecular flexibility index (Phi) is 2.00. The van der Waals surface area contributed by atoms with Gasteiger partial charge in [-0.25, -0.2) is 0 Å². The highest BCUT2D eigenvalue weighted by Gasteiger charge is 2.44. The summed E-state index contributed by atoms with van der Waals surface area (Å²) in [5.41, 5.74) is 2.18. The summed E-state index contributed by atoms with van der Waals surface area (Å²) in [7, 11) is 0. The Hall–Kier alpha value is -1.33. The number of rotatable bonds is 1. The fourth-order valence-electron chi connectivity index (χ4n) is 2.98. The van der Waals surface area contributed by atoms with E-state index in [9.17, 15) is 0 Å². The minimum atomic E-state index is 0.734. The molecular formula is C13H14N2. The maximum atomic E-state index is 8.73. The topological polar surface area (TPSA) is 35.8 Å². The Morgan fingerprint density at radius 1 is 1.20 bits per heavy atom. The fraction of sp³-hybridized carbons (Fsp3) is 0.462. The minimum absolute atomic E-state index is 0.734. The van der Waals surface area contributed by atoms with Gasteiger partial charge in [0.1, 0.15) is 0 Å². The summed E-state index contributed by atoms with van der Waals surface area (Å²) in [4.78, 5) is 0. The van der Waals surface area contributed by atoms with Crippen LogP contribution in [0.5, 0.6) is 0 Å². The van der Waals surface area contributed by atoms with Crippen LogP contribution in [0.25, 0.3) is 0 Å². The number of hydrogen-bond acceptors (Lipinski definition) is 2. The fourth-order valence-corrected chi connectivity index (χ4v) is 2.98. The molecule has 1 saturated heterocycles. The van der Waals surface area contributed by atoms with Gasteiger partial charge in [-0.2, -0.15) is 5.26 Å². The van der Waals surface area contributed by atoms with Crippen molar-refractivity contribution in [3.63, 3.8) is 0 Å². The third-order valence-corrected chi connectivity index (χ3v) is 3.93. The molecule has 0 bridgehead atoms. The first-order valence-corrected chi connectivity index (χ1v) is 5.59. The molecule has 2 fully saturated rings. The Morgan fingerprint density at radius 2 is 2.00 bits per heavy atom. The smallest absolute Gasteiger partial charge is 0.0991 e. The molecule has 0 amide bonds. The zero-order chi connectivity index (χ0) is 10.3. The van der Waals surface area contributed by atoms with Crippen LogP contribution in [0.3, 0.4) is 0 Å². The predicted octanol–water partition coefficient (Wildman–Crippen LogP) is 1.88. The molecule has 2 aliphatic rings. The number of nitrogens with zero attached hydrogens (tertiary/aromatic N) is 1. The molecule has 0 aromatic heterocycles. The van der Waals surface area contributed by atoms with E-state index in [1.54, 1.807) is 0 Å². The standard InChI is InChI=1S/C13H14N2/c14-6-9-1-3-10(4-2-9)12-5-11-7-15-8-13(11)12/h1-4,11-13,15H,5,7-8H2/t11-,12-,13+/m0/s1. The molecule has 1 aromatic carbocycles. The van der Waals surface area contributed by atoms with Crippen LogP contribution in [0.4, 0.5) is 0 Å².